The Morgan fingerprint density at radius 3 is 2.81 bits per heavy atom. The monoisotopic (exact) mass is 360 g/mol. The summed E-state index contributed by atoms with van der Waals surface area (Å²) in [6.45, 7) is 0.150. The van der Waals surface area contributed by atoms with Crippen LogP contribution in [0.5, 0.6) is 0 Å². The van der Waals surface area contributed by atoms with Gasteiger partial charge in [-0.3, -0.25) is 0 Å². The van der Waals surface area contributed by atoms with E-state index in [4.69, 9.17) is 9.84 Å². The van der Waals surface area contributed by atoms with Crippen LogP contribution in [-0.4, -0.2) is 47.8 Å². The molecule has 2 unspecified atom stereocenters. The van der Waals surface area contributed by atoms with Crippen LogP contribution in [0, 0.1) is 5.82 Å². The fourth-order valence-electron chi connectivity index (χ4n) is 2.20. The maximum atomic E-state index is 13.7. The highest BCUT2D eigenvalue weighted by Crippen LogP contribution is 2.23. The first-order valence-electron chi connectivity index (χ1n) is 6.20. The van der Waals surface area contributed by atoms with Gasteiger partial charge in [0.1, 0.15) is 11.9 Å². The second-order valence-electron chi connectivity index (χ2n) is 4.65. The molecule has 6 nitrogen and oxygen atoms in total. The lowest BCUT2D eigenvalue weighted by molar-refractivity contribution is -0.141. The third-order valence-corrected chi connectivity index (χ3v) is 3.81. The Kier molecular flexibility index (Phi) is 4.79. The van der Waals surface area contributed by atoms with Crippen molar-refractivity contribution in [2.24, 2.45) is 0 Å². The molecule has 114 valence electrons. The number of likely N-dealkylation sites (tertiary alicyclic amines) is 1. The van der Waals surface area contributed by atoms with E-state index in [2.05, 4.69) is 21.2 Å². The molecule has 0 saturated carbocycles. The first kappa shape index (κ1) is 15.7. The van der Waals surface area contributed by atoms with Crippen LogP contribution in [0.4, 0.5) is 14.9 Å². The molecule has 0 aromatic heterocycles. The summed E-state index contributed by atoms with van der Waals surface area (Å²) in [5.41, 5.74) is -0.00629. The number of carboxylic acids is 1. The zero-order chi connectivity index (χ0) is 15.6. The Hall–Kier alpha value is -1.67. The van der Waals surface area contributed by atoms with E-state index in [9.17, 15) is 14.0 Å². The Balaban J connectivity index is 2.13. The van der Waals surface area contributed by atoms with Crippen molar-refractivity contribution >= 4 is 33.6 Å². The number of hydrogen-bond acceptors (Lipinski definition) is 3. The summed E-state index contributed by atoms with van der Waals surface area (Å²) in [6, 6.07) is 2.55. The lowest BCUT2D eigenvalue weighted by Gasteiger charge is -2.21. The summed E-state index contributed by atoms with van der Waals surface area (Å²) < 4.78 is 19.3. The molecule has 1 fully saturated rings. The summed E-state index contributed by atoms with van der Waals surface area (Å²) in [5, 5.41) is 11.5. The molecule has 1 aliphatic heterocycles. The van der Waals surface area contributed by atoms with Crippen LogP contribution >= 0.6 is 15.9 Å². The van der Waals surface area contributed by atoms with E-state index in [0.29, 0.717) is 4.47 Å². The number of halogens is 2. The average molecular weight is 361 g/mol. The van der Waals surface area contributed by atoms with Gasteiger partial charge in [0.2, 0.25) is 0 Å². The lowest BCUT2D eigenvalue weighted by atomic mass is 10.2. The fourth-order valence-corrected chi connectivity index (χ4v) is 2.54. The first-order valence-corrected chi connectivity index (χ1v) is 7.00. The first-order chi connectivity index (χ1) is 9.92. The standard InChI is InChI=1S/C13H14BrFN2O4/c1-21-8-5-11(12(18)19)17(6-8)13(20)16-10-3-2-7(14)4-9(10)15/h2-4,8,11H,5-6H2,1H3,(H,16,20)(H,18,19). The minimum Gasteiger partial charge on any atom is -0.480 e. The number of aliphatic carboxylic acids is 1. The molecule has 1 aliphatic rings. The number of nitrogens with zero attached hydrogens (tertiary/aromatic N) is 1. The second kappa shape index (κ2) is 6.40. The Morgan fingerprint density at radius 2 is 2.24 bits per heavy atom. The summed E-state index contributed by atoms with van der Waals surface area (Å²) in [7, 11) is 1.46. The summed E-state index contributed by atoms with van der Waals surface area (Å²) in [6.07, 6.45) is -0.131. The third-order valence-electron chi connectivity index (χ3n) is 3.31. The van der Waals surface area contributed by atoms with Crippen LogP contribution in [0.25, 0.3) is 0 Å². The molecular weight excluding hydrogens is 347 g/mol. The number of amides is 2. The third kappa shape index (κ3) is 3.51. The van der Waals surface area contributed by atoms with E-state index in [1.54, 1.807) is 6.07 Å². The molecular formula is C13H14BrFN2O4. The van der Waals surface area contributed by atoms with Crippen LogP contribution in [0.3, 0.4) is 0 Å². The van der Waals surface area contributed by atoms with Gasteiger partial charge in [0.05, 0.1) is 11.8 Å². The highest BCUT2D eigenvalue weighted by molar-refractivity contribution is 9.10. The van der Waals surface area contributed by atoms with Gasteiger partial charge < -0.3 is 20.1 Å². The predicted octanol–water partition coefficient (Wildman–Crippen LogP) is 2.29. The smallest absolute Gasteiger partial charge is 0.326 e. The molecule has 0 radical (unpaired) electrons. The van der Waals surface area contributed by atoms with Crippen LogP contribution in [0.1, 0.15) is 6.42 Å². The maximum Gasteiger partial charge on any atom is 0.326 e. The van der Waals surface area contributed by atoms with Gasteiger partial charge in [-0.2, -0.15) is 0 Å². The molecule has 2 atom stereocenters. The van der Waals surface area contributed by atoms with Crippen LogP contribution in [0.2, 0.25) is 0 Å². The van der Waals surface area contributed by atoms with Gasteiger partial charge in [-0.15, -0.1) is 0 Å². The number of urea groups is 1. The van der Waals surface area contributed by atoms with E-state index < -0.39 is 23.9 Å². The predicted molar refractivity (Wildman–Crippen MR) is 76.7 cm³/mol. The molecule has 2 N–H and O–H groups in total. The molecule has 1 aromatic carbocycles. The summed E-state index contributed by atoms with van der Waals surface area (Å²) in [5.74, 6) is -1.71. The number of ether oxygens (including phenoxy) is 1. The Morgan fingerprint density at radius 1 is 1.52 bits per heavy atom. The van der Waals surface area contributed by atoms with Gasteiger partial charge in [-0.05, 0) is 18.2 Å². The molecule has 0 aliphatic carbocycles. The van der Waals surface area contributed by atoms with Gasteiger partial charge in [-0.25, -0.2) is 14.0 Å². The van der Waals surface area contributed by atoms with Crippen molar-refractivity contribution in [3.8, 4) is 0 Å². The highest BCUT2D eigenvalue weighted by Gasteiger charge is 2.40. The topological polar surface area (TPSA) is 78.9 Å². The van der Waals surface area contributed by atoms with Gasteiger partial charge in [0.15, 0.2) is 0 Å². The second-order valence-corrected chi connectivity index (χ2v) is 5.57. The summed E-state index contributed by atoms with van der Waals surface area (Å²) in [4.78, 5) is 24.5. The number of nitrogens with one attached hydrogen (secondary N) is 1. The van der Waals surface area contributed by atoms with Crippen LogP contribution < -0.4 is 5.32 Å². The highest BCUT2D eigenvalue weighted by atomic mass is 79.9. The van der Waals surface area contributed by atoms with E-state index in [0.717, 1.165) is 4.90 Å². The number of carboxylic acid groups (broad SMARTS) is 1. The van der Waals surface area contributed by atoms with Crippen molar-refractivity contribution < 1.29 is 23.8 Å². The fraction of sp³-hybridized carbons (Fsp3) is 0.385. The van der Waals surface area contributed by atoms with Crippen molar-refractivity contribution in [2.75, 3.05) is 19.0 Å². The molecule has 0 bridgehead atoms. The largest absolute Gasteiger partial charge is 0.480 e. The number of benzene rings is 1. The van der Waals surface area contributed by atoms with Crippen molar-refractivity contribution in [3.05, 3.63) is 28.5 Å². The van der Waals surface area contributed by atoms with E-state index in [-0.39, 0.29) is 24.8 Å². The van der Waals surface area contributed by atoms with Crippen molar-refractivity contribution in [2.45, 2.75) is 18.6 Å². The van der Waals surface area contributed by atoms with E-state index in [1.165, 1.54) is 19.2 Å². The Labute approximate surface area is 129 Å². The van der Waals surface area contributed by atoms with Gasteiger partial charge in [0, 0.05) is 24.5 Å². The normalized spacial score (nSPS) is 21.4. The number of hydrogen-bond donors (Lipinski definition) is 2. The zero-order valence-electron chi connectivity index (χ0n) is 11.2. The SMILES string of the molecule is COC1CC(C(=O)O)N(C(=O)Nc2ccc(Br)cc2F)C1. The average Bonchev–Trinajstić information content (AvgIpc) is 2.86. The summed E-state index contributed by atoms with van der Waals surface area (Å²) >= 11 is 3.12. The molecule has 1 aromatic rings. The lowest BCUT2D eigenvalue weighted by Crippen LogP contribution is -2.43. The molecule has 21 heavy (non-hydrogen) atoms. The zero-order valence-corrected chi connectivity index (χ0v) is 12.8. The number of anilines is 1. The molecule has 2 rings (SSSR count). The molecule has 2 amide bonds. The quantitative estimate of drug-likeness (QED) is 0.866. The van der Waals surface area contributed by atoms with Gasteiger partial charge >= 0.3 is 12.0 Å². The van der Waals surface area contributed by atoms with Gasteiger partial charge in [0.25, 0.3) is 0 Å². The van der Waals surface area contributed by atoms with Crippen molar-refractivity contribution in [1.29, 1.82) is 0 Å². The molecule has 8 heteroatoms. The van der Waals surface area contributed by atoms with Crippen molar-refractivity contribution in [1.82, 2.24) is 4.90 Å². The molecule has 0 spiro atoms. The maximum absolute atomic E-state index is 13.7. The van der Waals surface area contributed by atoms with E-state index >= 15 is 0 Å². The number of rotatable bonds is 3. The van der Waals surface area contributed by atoms with Crippen LogP contribution in [0.15, 0.2) is 22.7 Å². The number of carbonyl (C=O) groups excluding carboxylic acids is 1. The van der Waals surface area contributed by atoms with Crippen molar-refractivity contribution in [3.63, 3.8) is 0 Å². The minimum atomic E-state index is -1.11. The van der Waals surface area contributed by atoms with E-state index in [1.807, 2.05) is 0 Å². The van der Waals surface area contributed by atoms with Crippen LogP contribution in [-0.2, 0) is 9.53 Å². The Bertz CT molecular complexity index is 569. The number of methoxy groups -OCH3 is 1. The molecule has 1 saturated heterocycles. The number of carbonyl (C=O) groups is 2. The minimum absolute atomic E-state index is 0.00629. The van der Waals surface area contributed by atoms with Gasteiger partial charge in [-0.1, -0.05) is 15.9 Å². The molecule has 1 heterocycles.